The molecule has 1 aliphatic carbocycles. The van der Waals surface area contributed by atoms with Crippen LogP contribution in [0.15, 0.2) is 164 Å². The highest BCUT2D eigenvalue weighted by molar-refractivity contribution is 6.22. The van der Waals surface area contributed by atoms with E-state index in [0.717, 1.165) is 35.0 Å². The lowest BCUT2D eigenvalue weighted by Crippen LogP contribution is -2.41. The Morgan fingerprint density at radius 1 is 0.556 bits per heavy atom. The number of hydrogen-bond donors (Lipinski definition) is 3. The third-order valence-electron chi connectivity index (χ3n) is 11.5. The number of benzene rings is 8. The predicted molar refractivity (Wildman–Crippen MR) is 228 cm³/mol. The van der Waals surface area contributed by atoms with E-state index in [-0.39, 0.29) is 12.2 Å². The van der Waals surface area contributed by atoms with Crippen LogP contribution in [0.2, 0.25) is 0 Å². The van der Waals surface area contributed by atoms with Crippen LogP contribution in [0.5, 0.6) is 0 Å². The number of hydrogen-bond acceptors (Lipinski definition) is 3. The van der Waals surface area contributed by atoms with Crippen LogP contribution in [-0.2, 0) is 6.42 Å². The van der Waals surface area contributed by atoms with Crippen LogP contribution in [0, 0.1) is 0 Å². The predicted octanol–water partition coefficient (Wildman–Crippen LogP) is 11.8. The lowest BCUT2D eigenvalue weighted by atomic mass is 9.92. The Bertz CT molecular complexity index is 2780. The van der Waals surface area contributed by atoms with Crippen LogP contribution in [-0.4, -0.2) is 4.57 Å². The smallest absolute Gasteiger partial charge is 0.0854 e. The molecule has 3 unspecified atom stereocenters. The molecule has 0 radical (unpaired) electrons. The quantitative estimate of drug-likeness (QED) is 0.138. The van der Waals surface area contributed by atoms with Gasteiger partial charge in [0.2, 0.25) is 0 Å². The molecule has 1 aromatic heterocycles. The zero-order valence-corrected chi connectivity index (χ0v) is 30.3. The van der Waals surface area contributed by atoms with E-state index in [2.05, 4.69) is 192 Å². The Hall–Kier alpha value is -6.04. The normalized spacial score (nSPS) is 14.6. The number of nitrogens with one attached hydrogen (secondary N) is 2. The first-order valence-electron chi connectivity index (χ1n) is 19.1. The first kappa shape index (κ1) is 32.6. The van der Waals surface area contributed by atoms with E-state index in [1.54, 1.807) is 0 Å². The van der Waals surface area contributed by atoms with Crippen molar-refractivity contribution in [3.63, 3.8) is 0 Å². The van der Waals surface area contributed by atoms with Gasteiger partial charge in [-0.05, 0) is 104 Å². The van der Waals surface area contributed by atoms with Gasteiger partial charge in [-0.2, -0.15) is 0 Å². The molecule has 262 valence electrons. The summed E-state index contributed by atoms with van der Waals surface area (Å²) in [6, 6.07) is 57.1. The molecule has 0 saturated carbocycles. The number of rotatable bonds is 8. The van der Waals surface area contributed by atoms with Gasteiger partial charge in [0.05, 0.1) is 23.4 Å². The molecule has 0 amide bonds. The van der Waals surface area contributed by atoms with Crippen LogP contribution in [0.1, 0.15) is 59.5 Å². The van der Waals surface area contributed by atoms with Gasteiger partial charge in [0.25, 0.3) is 0 Å². The molecule has 0 spiro atoms. The van der Waals surface area contributed by atoms with Crippen molar-refractivity contribution in [1.82, 2.24) is 15.2 Å². The molecule has 9 aromatic rings. The Kier molecular flexibility index (Phi) is 8.10. The zero-order chi connectivity index (χ0) is 36.2. The van der Waals surface area contributed by atoms with Gasteiger partial charge < -0.3 is 10.3 Å². The van der Waals surface area contributed by atoms with Gasteiger partial charge in [-0.1, -0.05) is 146 Å². The second kappa shape index (κ2) is 13.4. The van der Waals surface area contributed by atoms with Crippen LogP contribution >= 0.6 is 0 Å². The molecule has 4 N–H and O–H groups in total. The molecule has 0 saturated heterocycles. The molecule has 10 rings (SSSR count). The zero-order valence-electron chi connectivity index (χ0n) is 30.3. The summed E-state index contributed by atoms with van der Waals surface area (Å²) in [7, 11) is 0. The maximum atomic E-state index is 7.08. The van der Waals surface area contributed by atoms with Gasteiger partial charge >= 0.3 is 0 Å². The van der Waals surface area contributed by atoms with Crippen LogP contribution in [0.4, 0.5) is 0 Å². The van der Waals surface area contributed by atoms with E-state index in [1.807, 2.05) is 0 Å². The van der Waals surface area contributed by atoms with Crippen molar-refractivity contribution in [2.45, 2.75) is 38.1 Å². The first-order valence-corrected chi connectivity index (χ1v) is 19.1. The van der Waals surface area contributed by atoms with E-state index in [0.29, 0.717) is 0 Å². The monoisotopic (exact) mass is 698 g/mol. The van der Waals surface area contributed by atoms with Crippen molar-refractivity contribution in [1.29, 1.82) is 0 Å². The Morgan fingerprint density at radius 3 is 1.89 bits per heavy atom. The maximum absolute atomic E-state index is 7.08. The van der Waals surface area contributed by atoms with E-state index >= 15 is 0 Å². The van der Waals surface area contributed by atoms with Crippen molar-refractivity contribution in [2.75, 3.05) is 0 Å². The average molecular weight is 699 g/mol. The highest BCUT2D eigenvalue weighted by atomic mass is 15.2. The second-order valence-electron chi connectivity index (χ2n) is 14.7. The van der Waals surface area contributed by atoms with Gasteiger partial charge in [-0.25, -0.2) is 0 Å². The molecular formula is C50H42N4. The van der Waals surface area contributed by atoms with E-state index in [9.17, 15) is 0 Å². The average Bonchev–Trinajstić information content (AvgIpc) is 3.58. The highest BCUT2D eigenvalue weighted by Gasteiger charge is 2.23. The largest absolute Gasteiger partial charge is 0.312 e. The Balaban J connectivity index is 1.08. The molecular weight excluding hydrogens is 657 g/mol. The number of allylic oxidation sites excluding steroid dienone is 1. The van der Waals surface area contributed by atoms with Crippen molar-refractivity contribution in [3.05, 3.63) is 192 Å². The summed E-state index contributed by atoms with van der Waals surface area (Å²) in [5.41, 5.74) is 16.9. The number of aryl methyl sites for hydroxylation is 1. The fourth-order valence-electron chi connectivity index (χ4n) is 8.91. The molecule has 1 aliphatic rings. The summed E-state index contributed by atoms with van der Waals surface area (Å²) in [6.07, 6.45) is 6.08. The van der Waals surface area contributed by atoms with E-state index in [4.69, 9.17) is 5.73 Å². The molecule has 0 fully saturated rings. The third kappa shape index (κ3) is 5.50. The lowest BCUT2D eigenvalue weighted by Gasteiger charge is -2.29. The van der Waals surface area contributed by atoms with Crippen molar-refractivity contribution in [2.24, 2.45) is 5.73 Å². The van der Waals surface area contributed by atoms with Crippen LogP contribution < -0.4 is 16.4 Å². The molecule has 4 heteroatoms. The minimum Gasteiger partial charge on any atom is -0.312 e. The van der Waals surface area contributed by atoms with Crippen molar-refractivity contribution < 1.29 is 0 Å². The minimum absolute atomic E-state index is 0.0406. The summed E-state index contributed by atoms with van der Waals surface area (Å²) < 4.78 is 2.45. The van der Waals surface area contributed by atoms with E-state index < -0.39 is 6.17 Å². The topological polar surface area (TPSA) is 55.0 Å². The highest BCUT2D eigenvalue weighted by Crippen LogP contribution is 2.41. The maximum Gasteiger partial charge on any atom is 0.0854 e. The molecule has 1 heterocycles. The second-order valence-corrected chi connectivity index (χ2v) is 14.7. The summed E-state index contributed by atoms with van der Waals surface area (Å²) >= 11 is 0. The molecule has 4 nitrogen and oxygen atoms in total. The molecule has 3 atom stereocenters. The Morgan fingerprint density at radius 2 is 1.15 bits per heavy atom. The number of nitrogens with zero attached hydrogens (tertiary/aromatic N) is 1. The number of nitrogens with two attached hydrogens (primary N) is 1. The van der Waals surface area contributed by atoms with Crippen molar-refractivity contribution >= 4 is 60.2 Å². The standard InChI is InChI=1S/C50H42N4/c1-32(39-22-10-16-33-12-2-6-18-40(33)39)52-50(53-49(51)44-23-11-17-34-13-3-7-19-41(34)44)37-24-28-38(29-25-37)54-45-30-26-35-14-4-8-20-42(35)47(45)48-43-21-9-5-15-36(43)27-31-46(48)54/h2-8,10-20,22-32,49-50,52-53H,9,21,51H2,1H3. The molecule has 54 heavy (non-hydrogen) atoms. The minimum atomic E-state index is -0.404. The van der Waals surface area contributed by atoms with Crippen LogP contribution in [0.3, 0.4) is 0 Å². The molecule has 8 aromatic carbocycles. The number of aromatic nitrogens is 1. The van der Waals surface area contributed by atoms with Gasteiger partial charge in [0.15, 0.2) is 0 Å². The molecule has 0 aliphatic heterocycles. The van der Waals surface area contributed by atoms with Gasteiger partial charge in [0, 0.05) is 22.5 Å². The fourth-order valence-corrected chi connectivity index (χ4v) is 8.91. The molecule has 0 bridgehead atoms. The summed E-state index contributed by atoms with van der Waals surface area (Å²) in [6.45, 7) is 2.24. The number of fused-ring (bicyclic) bond motifs is 9. The Labute approximate surface area is 315 Å². The van der Waals surface area contributed by atoms with Crippen molar-refractivity contribution in [3.8, 4) is 5.69 Å². The summed E-state index contributed by atoms with van der Waals surface area (Å²) in [4.78, 5) is 0. The van der Waals surface area contributed by atoms with E-state index in [1.165, 1.54) is 65.4 Å². The van der Waals surface area contributed by atoms with Gasteiger partial charge in [0.1, 0.15) is 0 Å². The summed E-state index contributed by atoms with van der Waals surface area (Å²) in [5.74, 6) is 0. The lowest BCUT2D eigenvalue weighted by molar-refractivity contribution is 0.358. The third-order valence-corrected chi connectivity index (χ3v) is 11.5. The SMILES string of the molecule is CC(NC(NC(N)c1cccc2ccccc12)c1ccc(-n2c3ccc4c(c3c3c5ccccc5ccc32)CCC=C4)cc1)c1cccc2ccccc12. The van der Waals surface area contributed by atoms with Crippen LogP contribution in [0.25, 0.3) is 65.9 Å². The van der Waals surface area contributed by atoms with Gasteiger partial charge in [-0.15, -0.1) is 0 Å². The fraction of sp³-hybridized carbons (Fsp3) is 0.120. The van der Waals surface area contributed by atoms with Gasteiger partial charge in [-0.3, -0.25) is 10.6 Å². The summed E-state index contributed by atoms with van der Waals surface area (Å²) in [5, 5.41) is 17.9. The first-order chi connectivity index (χ1) is 26.6.